The third-order valence-electron chi connectivity index (χ3n) is 14.1. The molecule has 0 heterocycles. The van der Waals surface area contributed by atoms with Gasteiger partial charge in [0.15, 0.2) is 0 Å². The fraction of sp³-hybridized carbons (Fsp3) is 1.00. The Morgan fingerprint density at radius 3 is 0.804 bits per heavy atom. The number of rotatable bonds is 20. The number of hydrogen-bond acceptors (Lipinski definition) is 3. The van der Waals surface area contributed by atoms with Gasteiger partial charge in [-0.15, -0.1) is 66.5 Å². The first-order valence-corrected chi connectivity index (χ1v) is 41.5. The fourth-order valence-electron chi connectivity index (χ4n) is 6.62. The molecule has 0 aromatic rings. The average molecular weight is 940 g/mol. The zero-order valence-corrected chi connectivity index (χ0v) is 47.3. The van der Waals surface area contributed by atoms with Crippen molar-refractivity contribution in [3.05, 3.63) is 0 Å². The largest absolute Gasteiger partial charge is 0.381 e. The molecule has 0 saturated carbocycles. The van der Waals surface area contributed by atoms with Crippen LogP contribution in [0.5, 0.6) is 0 Å². The normalized spacial score (nSPS) is 16.7. The smallest absolute Gasteiger partial charge is 0.344 e. The molecule has 51 heavy (non-hydrogen) atoms. The summed E-state index contributed by atoms with van der Waals surface area (Å²) in [5.74, 6) is 0. The van der Waals surface area contributed by atoms with E-state index in [0.717, 1.165) is 51.6 Å². The van der Waals surface area contributed by atoms with Crippen molar-refractivity contribution in [2.75, 3.05) is 26.3 Å². The molecule has 0 bridgehead atoms. The van der Waals surface area contributed by atoms with Gasteiger partial charge in [-0.2, -0.15) is 0 Å². The average Bonchev–Trinajstić information content (AvgIpc) is 2.86. The van der Waals surface area contributed by atoms with Crippen LogP contribution in [-0.4, -0.2) is 79.7 Å². The maximum absolute atomic E-state index is 6.74. The molecule has 3 nitrogen and oxygen atoms in total. The SMILES string of the molecule is CC(C)(C)[Si](C)(C)N(CCCC(CCOCCC(CCCN([Si](C)(C)C(C)(C)C)[Si](C)(C)C(C)(C)C)[Si](Cl)(Cl)Cl)[Si](Cl)(Cl)Cl)[Si](C)(C)C(C)(C)C. The minimum absolute atomic E-state index is 0.0539. The Balaban J connectivity index is 5.58. The lowest BCUT2D eigenvalue weighted by Crippen LogP contribution is -2.68. The van der Waals surface area contributed by atoms with Crippen molar-refractivity contribution in [1.29, 1.82) is 0 Å². The third kappa shape index (κ3) is 15.2. The highest BCUT2D eigenvalue weighted by atomic mass is 35.8. The lowest BCUT2D eigenvalue weighted by Gasteiger charge is -2.57. The van der Waals surface area contributed by atoms with Crippen LogP contribution < -0.4 is 0 Å². The molecule has 0 aromatic heterocycles. The molecule has 0 rings (SSSR count). The summed E-state index contributed by atoms with van der Waals surface area (Å²) in [4.78, 5) is 0. The molecular weight excluding hydrogens is 858 g/mol. The van der Waals surface area contributed by atoms with Crippen LogP contribution in [0.1, 0.15) is 122 Å². The van der Waals surface area contributed by atoms with Gasteiger partial charge in [-0.05, 0) is 82.8 Å². The van der Waals surface area contributed by atoms with Gasteiger partial charge in [0.05, 0.1) is 0 Å². The van der Waals surface area contributed by atoms with E-state index in [2.05, 4.69) is 144 Å². The molecule has 2 unspecified atom stereocenters. The van der Waals surface area contributed by atoms with Crippen LogP contribution in [0.4, 0.5) is 0 Å². The molecule has 0 N–H and O–H groups in total. The van der Waals surface area contributed by atoms with Crippen LogP contribution in [-0.2, 0) is 4.74 Å². The Morgan fingerprint density at radius 1 is 0.412 bits per heavy atom. The second-order valence-corrected chi connectivity index (χ2v) is 61.0. The molecule has 0 aliphatic carbocycles. The lowest BCUT2D eigenvalue weighted by atomic mass is 10.2. The van der Waals surface area contributed by atoms with Crippen molar-refractivity contribution in [1.82, 2.24) is 8.46 Å². The van der Waals surface area contributed by atoms with Gasteiger partial charge in [-0.3, -0.25) is 0 Å². The van der Waals surface area contributed by atoms with E-state index in [0.29, 0.717) is 13.2 Å². The molecule has 0 amide bonds. The maximum atomic E-state index is 6.74. The zero-order chi connectivity index (χ0) is 41.1. The van der Waals surface area contributed by atoms with Crippen LogP contribution in [0, 0.1) is 0 Å². The molecule has 0 aliphatic rings. The second-order valence-electron chi connectivity index (χ2n) is 21.5. The van der Waals surface area contributed by atoms with E-state index in [9.17, 15) is 0 Å². The monoisotopic (exact) mass is 936 g/mol. The summed E-state index contributed by atoms with van der Waals surface area (Å²) in [6.07, 6.45) is 5.40. The van der Waals surface area contributed by atoms with Crippen molar-refractivity contribution in [2.45, 2.75) is 205 Å². The number of halogens is 6. The number of hydrogen-bond donors (Lipinski definition) is 0. The molecule has 0 radical (unpaired) electrons. The van der Waals surface area contributed by atoms with E-state index in [1.54, 1.807) is 0 Å². The molecule has 15 heteroatoms. The molecule has 0 spiro atoms. The van der Waals surface area contributed by atoms with Gasteiger partial charge < -0.3 is 13.2 Å². The van der Waals surface area contributed by atoms with Gasteiger partial charge in [-0.1, -0.05) is 135 Å². The standard InChI is InChI=1S/C36H82Cl6N2OSi6/c1-33(2,3)46(13,14)43(47(15,16)34(4,5)6)27-21-23-31(50(37,38)39)25-29-45-30-26-32(51(40,41)42)24-22-28-44(48(17,18)35(7,8)9)49(19,20)36(10,11)12/h31-32H,21-30H2,1-20H3. The van der Waals surface area contributed by atoms with E-state index in [1.807, 2.05) is 0 Å². The van der Waals surface area contributed by atoms with Gasteiger partial charge in [-0.25, -0.2) is 0 Å². The van der Waals surface area contributed by atoms with Gasteiger partial charge in [0.1, 0.15) is 32.9 Å². The van der Waals surface area contributed by atoms with Crippen LogP contribution in [0.25, 0.3) is 0 Å². The first-order chi connectivity index (χ1) is 22.2. The molecule has 0 saturated heterocycles. The van der Waals surface area contributed by atoms with Gasteiger partial charge in [0, 0.05) is 13.2 Å². The second kappa shape index (κ2) is 19.3. The van der Waals surface area contributed by atoms with Gasteiger partial charge in [0.25, 0.3) is 0 Å². The van der Waals surface area contributed by atoms with Crippen molar-refractivity contribution in [2.24, 2.45) is 0 Å². The number of ether oxygens (including phenoxy) is 1. The van der Waals surface area contributed by atoms with Crippen LogP contribution in [0.15, 0.2) is 0 Å². The summed E-state index contributed by atoms with van der Waals surface area (Å²) in [5, 5.41) is 1.06. The predicted octanol–water partition coefficient (Wildman–Crippen LogP) is 16.0. The molecule has 308 valence electrons. The van der Waals surface area contributed by atoms with E-state index < -0.39 is 44.9 Å². The summed E-state index contributed by atoms with van der Waals surface area (Å²) < 4.78 is 12.2. The van der Waals surface area contributed by atoms with E-state index >= 15 is 0 Å². The first kappa shape index (κ1) is 53.9. The summed E-state index contributed by atoms with van der Waals surface area (Å²) in [7, 11) is -7.03. The third-order valence-corrected chi connectivity index (χ3v) is 50.3. The Kier molecular flexibility index (Phi) is 20.4. The Bertz CT molecular complexity index is 921. The van der Waals surface area contributed by atoms with Crippen molar-refractivity contribution in [3.63, 3.8) is 0 Å². The Hall–Kier alpha value is 2.92. The fourth-order valence-corrected chi connectivity index (χ4v) is 33.8. The molecule has 2 atom stereocenters. The van der Waals surface area contributed by atoms with Crippen molar-refractivity contribution >= 4 is 111 Å². The summed E-state index contributed by atoms with van der Waals surface area (Å²) in [6.45, 7) is 52.7. The quantitative estimate of drug-likeness (QED) is 0.0687. The lowest BCUT2D eigenvalue weighted by molar-refractivity contribution is 0.125. The van der Waals surface area contributed by atoms with E-state index in [4.69, 9.17) is 71.2 Å². The van der Waals surface area contributed by atoms with E-state index in [1.165, 1.54) is 0 Å². The molecular formula is C36H82Cl6N2OSi6. The van der Waals surface area contributed by atoms with Gasteiger partial charge >= 0.3 is 12.0 Å². The Labute approximate surface area is 353 Å². The number of nitrogens with zero attached hydrogens (tertiary/aromatic N) is 2. The molecule has 0 fully saturated rings. The predicted molar refractivity (Wildman–Crippen MR) is 255 cm³/mol. The molecule has 0 aliphatic heterocycles. The highest BCUT2D eigenvalue weighted by molar-refractivity contribution is 7.65. The highest BCUT2D eigenvalue weighted by Crippen LogP contribution is 2.49. The zero-order valence-electron chi connectivity index (χ0n) is 36.8. The van der Waals surface area contributed by atoms with Crippen LogP contribution in [0.3, 0.4) is 0 Å². The first-order valence-electron chi connectivity index (χ1n) is 19.4. The summed E-state index contributed by atoms with van der Waals surface area (Å²) >= 11 is 40.4. The van der Waals surface area contributed by atoms with Crippen molar-refractivity contribution in [3.8, 4) is 0 Å². The summed E-state index contributed by atoms with van der Waals surface area (Å²) in [6, 6.07) is -5.87. The Morgan fingerprint density at radius 2 is 0.627 bits per heavy atom. The van der Waals surface area contributed by atoms with E-state index in [-0.39, 0.29) is 31.2 Å². The van der Waals surface area contributed by atoms with Crippen LogP contribution >= 0.6 is 66.5 Å². The van der Waals surface area contributed by atoms with Crippen molar-refractivity contribution < 1.29 is 4.74 Å². The minimum atomic E-state index is -2.94. The maximum Gasteiger partial charge on any atom is 0.344 e. The minimum Gasteiger partial charge on any atom is -0.381 e. The summed E-state index contributed by atoms with van der Waals surface area (Å²) in [5.41, 5.74) is 0.108. The highest BCUT2D eigenvalue weighted by Gasteiger charge is 2.53. The topological polar surface area (TPSA) is 15.7 Å². The van der Waals surface area contributed by atoms with Gasteiger partial charge in [0.2, 0.25) is 0 Å². The molecule has 0 aromatic carbocycles. The van der Waals surface area contributed by atoms with Crippen LogP contribution in [0.2, 0.25) is 83.6 Å².